The van der Waals surface area contributed by atoms with E-state index in [2.05, 4.69) is 0 Å². The van der Waals surface area contributed by atoms with Crippen LogP contribution in [0.25, 0.3) is 0 Å². The largest absolute Gasteiger partial charge is 0.486 e. The van der Waals surface area contributed by atoms with Gasteiger partial charge in [-0.1, -0.05) is 0 Å². The molecule has 0 aliphatic heterocycles. The Morgan fingerprint density at radius 2 is 1.84 bits per heavy atom. The van der Waals surface area contributed by atoms with Gasteiger partial charge in [-0.3, -0.25) is 4.79 Å². The van der Waals surface area contributed by atoms with Crippen molar-refractivity contribution in [3.05, 3.63) is 47.9 Å². The van der Waals surface area contributed by atoms with Crippen molar-refractivity contribution in [1.82, 2.24) is 0 Å². The smallest absolute Gasteiger partial charge is 0.185 e. The maximum Gasteiger partial charge on any atom is 0.185 e. The molecule has 6 heteroatoms. The summed E-state index contributed by atoms with van der Waals surface area (Å²) in [6.07, 6.45) is 1.76. The molecule has 0 bridgehead atoms. The molecule has 0 N–H and O–H groups in total. The normalized spacial score (nSPS) is 11.2. The molecule has 0 unspecified atom stereocenters. The number of ether oxygens (including phenoxy) is 1. The lowest BCUT2D eigenvalue weighted by molar-refractivity contribution is 0.109. The van der Waals surface area contributed by atoms with Crippen LogP contribution in [0.4, 0.5) is 0 Å². The summed E-state index contributed by atoms with van der Waals surface area (Å²) >= 11 is 0. The van der Waals surface area contributed by atoms with Crippen molar-refractivity contribution >= 4 is 16.1 Å². The molecule has 0 saturated carbocycles. The highest BCUT2D eigenvalue weighted by Crippen LogP contribution is 2.17. The van der Waals surface area contributed by atoms with E-state index in [0.717, 1.165) is 6.26 Å². The van der Waals surface area contributed by atoms with Crippen molar-refractivity contribution in [3.8, 4) is 5.75 Å². The second-order valence-electron chi connectivity index (χ2n) is 3.95. The molecule has 1 aromatic carbocycles. The summed E-state index contributed by atoms with van der Waals surface area (Å²) in [5, 5.41) is 0. The van der Waals surface area contributed by atoms with Gasteiger partial charge >= 0.3 is 0 Å². The summed E-state index contributed by atoms with van der Waals surface area (Å²) in [6, 6.07) is 9.29. The molecule has 0 radical (unpaired) electrons. The van der Waals surface area contributed by atoms with Crippen molar-refractivity contribution in [2.75, 3.05) is 6.26 Å². The number of hydrogen-bond acceptors (Lipinski definition) is 5. The molecule has 19 heavy (non-hydrogen) atoms. The SMILES string of the molecule is CS(=O)(=O)c1ccc(OCc2ccc(C=O)o2)cc1. The third-order valence-electron chi connectivity index (χ3n) is 2.43. The van der Waals surface area contributed by atoms with E-state index in [-0.39, 0.29) is 17.3 Å². The summed E-state index contributed by atoms with van der Waals surface area (Å²) in [6.45, 7) is 0.173. The van der Waals surface area contributed by atoms with Crippen LogP contribution in [0.3, 0.4) is 0 Å². The number of rotatable bonds is 5. The Kier molecular flexibility index (Phi) is 3.71. The lowest BCUT2D eigenvalue weighted by Crippen LogP contribution is -1.98. The van der Waals surface area contributed by atoms with Gasteiger partial charge in [-0.05, 0) is 36.4 Å². The standard InChI is InChI=1S/C13H12O5S/c1-19(15,16)13-6-4-10(5-7-13)17-9-12-3-2-11(8-14)18-12/h2-8H,9H2,1H3. The van der Waals surface area contributed by atoms with E-state index in [9.17, 15) is 13.2 Å². The van der Waals surface area contributed by atoms with E-state index in [1.54, 1.807) is 24.3 Å². The average molecular weight is 280 g/mol. The summed E-state index contributed by atoms with van der Waals surface area (Å²) < 4.78 is 33.1. The molecule has 2 rings (SSSR count). The highest BCUT2D eigenvalue weighted by atomic mass is 32.2. The van der Waals surface area contributed by atoms with Crippen LogP contribution in [-0.2, 0) is 16.4 Å². The zero-order valence-electron chi connectivity index (χ0n) is 10.2. The van der Waals surface area contributed by atoms with Gasteiger partial charge in [-0.2, -0.15) is 0 Å². The van der Waals surface area contributed by atoms with E-state index in [1.807, 2.05) is 0 Å². The van der Waals surface area contributed by atoms with Crippen LogP contribution in [0.1, 0.15) is 16.3 Å². The number of aldehydes is 1. The lowest BCUT2D eigenvalue weighted by Gasteiger charge is -2.04. The Morgan fingerprint density at radius 1 is 1.16 bits per heavy atom. The van der Waals surface area contributed by atoms with Crippen molar-refractivity contribution in [2.45, 2.75) is 11.5 Å². The van der Waals surface area contributed by atoms with Crippen LogP contribution in [0.15, 0.2) is 45.7 Å². The van der Waals surface area contributed by atoms with Crippen molar-refractivity contribution < 1.29 is 22.4 Å². The Balaban J connectivity index is 2.02. The molecule has 0 saturated heterocycles. The zero-order valence-corrected chi connectivity index (χ0v) is 11.0. The van der Waals surface area contributed by atoms with E-state index in [0.29, 0.717) is 17.8 Å². The van der Waals surface area contributed by atoms with E-state index < -0.39 is 9.84 Å². The van der Waals surface area contributed by atoms with Gasteiger partial charge in [0.15, 0.2) is 21.9 Å². The van der Waals surface area contributed by atoms with E-state index >= 15 is 0 Å². The second kappa shape index (κ2) is 5.27. The molecular weight excluding hydrogens is 268 g/mol. The molecule has 0 spiro atoms. The van der Waals surface area contributed by atoms with Crippen molar-refractivity contribution in [3.63, 3.8) is 0 Å². The first-order valence-corrected chi connectivity index (χ1v) is 7.35. The monoisotopic (exact) mass is 280 g/mol. The van der Waals surface area contributed by atoms with E-state index in [1.165, 1.54) is 12.1 Å². The Morgan fingerprint density at radius 3 is 2.37 bits per heavy atom. The second-order valence-corrected chi connectivity index (χ2v) is 5.97. The maximum absolute atomic E-state index is 11.3. The number of sulfone groups is 1. The molecule has 5 nitrogen and oxygen atoms in total. The van der Waals surface area contributed by atoms with Gasteiger partial charge in [0.05, 0.1) is 4.90 Å². The van der Waals surface area contributed by atoms with Crippen LogP contribution in [0.5, 0.6) is 5.75 Å². The van der Waals surface area contributed by atoms with Gasteiger partial charge in [0.1, 0.15) is 18.1 Å². The number of hydrogen-bond donors (Lipinski definition) is 0. The Hall–Kier alpha value is -2.08. The molecule has 0 amide bonds. The first kappa shape index (κ1) is 13.4. The number of carbonyl (C=O) groups is 1. The topological polar surface area (TPSA) is 73.6 Å². The summed E-state index contributed by atoms with van der Waals surface area (Å²) in [4.78, 5) is 10.7. The number of benzene rings is 1. The summed E-state index contributed by atoms with van der Waals surface area (Å²) in [7, 11) is -3.20. The van der Waals surface area contributed by atoms with Crippen molar-refractivity contribution in [1.29, 1.82) is 0 Å². The molecule has 1 heterocycles. The summed E-state index contributed by atoms with van der Waals surface area (Å²) in [5.74, 6) is 1.29. The zero-order chi connectivity index (χ0) is 13.9. The third kappa shape index (κ3) is 3.45. The third-order valence-corrected chi connectivity index (χ3v) is 3.56. The molecule has 0 aliphatic carbocycles. The predicted molar refractivity (Wildman–Crippen MR) is 68.0 cm³/mol. The quantitative estimate of drug-likeness (QED) is 0.784. The van der Waals surface area contributed by atoms with Crippen LogP contribution < -0.4 is 4.74 Å². The fourth-order valence-electron chi connectivity index (χ4n) is 1.47. The number of carbonyl (C=O) groups excluding carboxylic acids is 1. The minimum Gasteiger partial charge on any atom is -0.486 e. The maximum atomic E-state index is 11.3. The number of furan rings is 1. The van der Waals surface area contributed by atoms with Crippen LogP contribution in [0.2, 0.25) is 0 Å². The van der Waals surface area contributed by atoms with Gasteiger partial charge in [0.2, 0.25) is 0 Å². The van der Waals surface area contributed by atoms with Crippen LogP contribution in [-0.4, -0.2) is 21.0 Å². The molecule has 100 valence electrons. The molecule has 1 aromatic heterocycles. The van der Waals surface area contributed by atoms with Crippen molar-refractivity contribution in [2.24, 2.45) is 0 Å². The molecule has 0 fully saturated rings. The van der Waals surface area contributed by atoms with Crippen LogP contribution >= 0.6 is 0 Å². The van der Waals surface area contributed by atoms with E-state index in [4.69, 9.17) is 9.15 Å². The van der Waals surface area contributed by atoms with Crippen LogP contribution in [0, 0.1) is 0 Å². The minimum absolute atomic E-state index is 0.173. The Labute approximate surface area is 110 Å². The Bertz CT molecular complexity index is 667. The molecule has 2 aromatic rings. The van der Waals surface area contributed by atoms with Gasteiger partial charge in [-0.25, -0.2) is 8.42 Å². The predicted octanol–water partition coefficient (Wildman–Crippen LogP) is 2.07. The molecular formula is C13H12O5S. The lowest BCUT2D eigenvalue weighted by atomic mass is 10.3. The first-order chi connectivity index (χ1) is 8.99. The molecule has 0 aliphatic rings. The highest BCUT2D eigenvalue weighted by Gasteiger charge is 2.07. The van der Waals surface area contributed by atoms with Gasteiger partial charge in [0.25, 0.3) is 0 Å². The average Bonchev–Trinajstić information content (AvgIpc) is 2.84. The van der Waals surface area contributed by atoms with Gasteiger partial charge < -0.3 is 9.15 Å². The first-order valence-electron chi connectivity index (χ1n) is 5.46. The minimum atomic E-state index is -3.20. The molecule has 0 atom stereocenters. The fraction of sp³-hybridized carbons (Fsp3) is 0.154. The summed E-state index contributed by atoms with van der Waals surface area (Å²) in [5.41, 5.74) is 0. The van der Waals surface area contributed by atoms with Gasteiger partial charge in [0, 0.05) is 6.26 Å². The fourth-order valence-corrected chi connectivity index (χ4v) is 2.10. The highest BCUT2D eigenvalue weighted by molar-refractivity contribution is 7.90. The van der Waals surface area contributed by atoms with Gasteiger partial charge in [-0.15, -0.1) is 0 Å².